The van der Waals surface area contributed by atoms with E-state index in [0.717, 1.165) is 50.9 Å². The molecule has 0 saturated carbocycles. The maximum Gasteiger partial charge on any atom is 0.223 e. The van der Waals surface area contributed by atoms with Gasteiger partial charge in [0.2, 0.25) is 5.91 Å². The van der Waals surface area contributed by atoms with Gasteiger partial charge in [-0.25, -0.2) is 0 Å². The molecule has 3 aliphatic rings. The van der Waals surface area contributed by atoms with Gasteiger partial charge in [0.1, 0.15) is 0 Å². The van der Waals surface area contributed by atoms with E-state index in [2.05, 4.69) is 14.8 Å². The van der Waals surface area contributed by atoms with E-state index in [4.69, 9.17) is 4.74 Å². The van der Waals surface area contributed by atoms with Gasteiger partial charge in [-0.1, -0.05) is 6.07 Å². The van der Waals surface area contributed by atoms with Crippen molar-refractivity contribution in [2.24, 2.45) is 5.92 Å². The average molecular weight is 357 g/mol. The quantitative estimate of drug-likeness (QED) is 0.812. The Balaban J connectivity index is 1.28. The maximum absolute atomic E-state index is 12.7. The van der Waals surface area contributed by atoms with E-state index < -0.39 is 0 Å². The molecule has 4 rings (SSSR count). The fraction of sp³-hybridized carbons (Fsp3) is 0.714. The van der Waals surface area contributed by atoms with E-state index in [1.807, 2.05) is 18.3 Å². The molecule has 1 aromatic heterocycles. The molecule has 0 unspecified atom stereocenters. The number of rotatable bonds is 5. The second kappa shape index (κ2) is 8.05. The smallest absolute Gasteiger partial charge is 0.223 e. The minimum absolute atomic E-state index is 0.0768. The molecule has 3 aliphatic heterocycles. The molecule has 3 fully saturated rings. The van der Waals surface area contributed by atoms with E-state index in [-0.39, 0.29) is 11.5 Å². The first-order valence-corrected chi connectivity index (χ1v) is 10.3. The lowest BCUT2D eigenvalue weighted by Crippen LogP contribution is -2.50. The highest BCUT2D eigenvalue weighted by Crippen LogP contribution is 2.38. The van der Waals surface area contributed by atoms with Crippen LogP contribution in [0.4, 0.5) is 0 Å². The number of likely N-dealkylation sites (tertiary alicyclic amines) is 2. The Morgan fingerprint density at radius 2 is 2.15 bits per heavy atom. The molecule has 0 radical (unpaired) electrons. The number of hydrogen-bond acceptors (Lipinski definition) is 4. The fourth-order valence-electron chi connectivity index (χ4n) is 4.94. The first-order valence-electron chi connectivity index (χ1n) is 10.3. The van der Waals surface area contributed by atoms with Crippen molar-refractivity contribution in [3.63, 3.8) is 0 Å². The maximum atomic E-state index is 12.7. The van der Waals surface area contributed by atoms with Crippen molar-refractivity contribution >= 4 is 5.91 Å². The van der Waals surface area contributed by atoms with Crippen LogP contribution in [0.3, 0.4) is 0 Å². The molecule has 5 heteroatoms. The van der Waals surface area contributed by atoms with Crippen LogP contribution in [-0.2, 0) is 16.0 Å². The third-order valence-electron chi connectivity index (χ3n) is 6.24. The van der Waals surface area contributed by atoms with Gasteiger partial charge in [-0.05, 0) is 69.2 Å². The van der Waals surface area contributed by atoms with Gasteiger partial charge in [-0.15, -0.1) is 0 Å². The van der Waals surface area contributed by atoms with Crippen molar-refractivity contribution in [2.45, 2.75) is 50.5 Å². The number of hydrogen-bond donors (Lipinski definition) is 0. The monoisotopic (exact) mass is 357 g/mol. The lowest BCUT2D eigenvalue weighted by molar-refractivity contribution is -0.139. The molecule has 1 aromatic rings. The minimum atomic E-state index is -0.0768. The molecule has 0 aliphatic carbocycles. The summed E-state index contributed by atoms with van der Waals surface area (Å²) < 4.78 is 6.32. The number of aryl methyl sites for hydroxylation is 1. The first kappa shape index (κ1) is 17.9. The molecular weight excluding hydrogens is 326 g/mol. The summed E-state index contributed by atoms with van der Waals surface area (Å²) in [5.41, 5.74) is 1.06. The number of piperidine rings is 1. The van der Waals surface area contributed by atoms with Crippen LogP contribution in [0.2, 0.25) is 0 Å². The van der Waals surface area contributed by atoms with Crippen molar-refractivity contribution in [1.82, 2.24) is 14.8 Å². The zero-order valence-electron chi connectivity index (χ0n) is 15.7. The van der Waals surface area contributed by atoms with Gasteiger partial charge in [0.05, 0.1) is 12.2 Å². The van der Waals surface area contributed by atoms with Crippen LogP contribution in [0.5, 0.6) is 0 Å². The van der Waals surface area contributed by atoms with E-state index in [1.165, 1.54) is 32.5 Å². The number of carbonyl (C=O) groups is 1. The van der Waals surface area contributed by atoms with Crippen LogP contribution in [-0.4, -0.2) is 65.6 Å². The third kappa shape index (κ3) is 4.26. The number of ether oxygens (including phenoxy) is 1. The summed E-state index contributed by atoms with van der Waals surface area (Å²) in [5.74, 6) is 0.901. The molecule has 1 spiro atoms. The van der Waals surface area contributed by atoms with Gasteiger partial charge in [-0.2, -0.15) is 0 Å². The predicted octanol–water partition coefficient (Wildman–Crippen LogP) is 2.51. The Labute approximate surface area is 156 Å². The molecule has 26 heavy (non-hydrogen) atoms. The van der Waals surface area contributed by atoms with Crippen LogP contribution in [0, 0.1) is 5.92 Å². The largest absolute Gasteiger partial charge is 0.373 e. The molecule has 0 aromatic carbocycles. The van der Waals surface area contributed by atoms with E-state index in [1.54, 1.807) is 6.20 Å². The second-order valence-electron chi connectivity index (χ2n) is 8.35. The number of amides is 1. The molecule has 0 N–H and O–H groups in total. The normalized spacial score (nSPS) is 29.5. The number of pyridine rings is 1. The summed E-state index contributed by atoms with van der Waals surface area (Å²) in [4.78, 5) is 21.5. The van der Waals surface area contributed by atoms with Crippen molar-refractivity contribution in [3.8, 4) is 0 Å². The van der Waals surface area contributed by atoms with Crippen LogP contribution in [0.15, 0.2) is 24.5 Å². The Kier molecular flexibility index (Phi) is 5.55. The third-order valence-corrected chi connectivity index (χ3v) is 6.24. The summed E-state index contributed by atoms with van der Waals surface area (Å²) in [7, 11) is 0. The Morgan fingerprint density at radius 3 is 2.96 bits per heavy atom. The Hall–Kier alpha value is -1.46. The predicted molar refractivity (Wildman–Crippen MR) is 101 cm³/mol. The van der Waals surface area contributed by atoms with Crippen LogP contribution < -0.4 is 0 Å². The van der Waals surface area contributed by atoms with Crippen LogP contribution in [0.25, 0.3) is 0 Å². The van der Waals surface area contributed by atoms with Crippen molar-refractivity contribution in [1.29, 1.82) is 0 Å². The van der Waals surface area contributed by atoms with Gasteiger partial charge >= 0.3 is 0 Å². The number of nitrogens with zero attached hydrogens (tertiary/aromatic N) is 3. The molecule has 1 amide bonds. The summed E-state index contributed by atoms with van der Waals surface area (Å²) >= 11 is 0. The van der Waals surface area contributed by atoms with Gasteiger partial charge in [0, 0.05) is 38.4 Å². The Bertz CT molecular complexity index is 603. The summed E-state index contributed by atoms with van der Waals surface area (Å²) in [6, 6.07) is 3.98. The van der Waals surface area contributed by atoms with E-state index in [0.29, 0.717) is 12.3 Å². The highest BCUT2D eigenvalue weighted by molar-refractivity contribution is 5.76. The van der Waals surface area contributed by atoms with Gasteiger partial charge < -0.3 is 14.5 Å². The standard InChI is InChI=1S/C21H31N3O2/c25-20(7-6-18-5-3-9-22-14-18)24-12-4-8-21(17-24)13-19(16-26-21)15-23-10-1-2-11-23/h3,5,9,14,19H,1-2,4,6-8,10-13,15-17H2/t19-,21+/m0/s1. The summed E-state index contributed by atoms with van der Waals surface area (Å²) in [5, 5.41) is 0. The molecule has 3 saturated heterocycles. The first-order chi connectivity index (χ1) is 12.7. The van der Waals surface area contributed by atoms with E-state index >= 15 is 0 Å². The summed E-state index contributed by atoms with van der Waals surface area (Å²) in [6.07, 6.45) is 11.0. The van der Waals surface area contributed by atoms with Gasteiger partial charge in [-0.3, -0.25) is 9.78 Å². The van der Waals surface area contributed by atoms with Crippen molar-refractivity contribution in [2.75, 3.05) is 39.3 Å². The lowest BCUT2D eigenvalue weighted by Gasteiger charge is -2.40. The molecule has 4 heterocycles. The Morgan fingerprint density at radius 1 is 1.27 bits per heavy atom. The van der Waals surface area contributed by atoms with Crippen LogP contribution in [0.1, 0.15) is 44.1 Å². The number of carbonyl (C=O) groups excluding carboxylic acids is 1. The minimum Gasteiger partial charge on any atom is -0.373 e. The fourth-order valence-corrected chi connectivity index (χ4v) is 4.94. The van der Waals surface area contributed by atoms with Gasteiger partial charge in [0.15, 0.2) is 0 Å². The zero-order valence-corrected chi connectivity index (χ0v) is 15.7. The van der Waals surface area contributed by atoms with Crippen molar-refractivity contribution in [3.05, 3.63) is 30.1 Å². The average Bonchev–Trinajstić information content (AvgIpc) is 3.31. The SMILES string of the molecule is O=C(CCc1cccnc1)N1CCC[C@@]2(C[C@@H](CN3CCCC3)CO2)C1. The summed E-state index contributed by atoms with van der Waals surface area (Å²) in [6.45, 7) is 6.22. The molecular formula is C21H31N3O2. The number of aromatic nitrogens is 1. The van der Waals surface area contributed by atoms with Crippen molar-refractivity contribution < 1.29 is 9.53 Å². The molecule has 5 nitrogen and oxygen atoms in total. The lowest BCUT2D eigenvalue weighted by atomic mass is 9.86. The molecule has 0 bridgehead atoms. The van der Waals surface area contributed by atoms with Crippen LogP contribution >= 0.6 is 0 Å². The van der Waals surface area contributed by atoms with E-state index in [9.17, 15) is 4.79 Å². The van der Waals surface area contributed by atoms with Gasteiger partial charge in [0.25, 0.3) is 0 Å². The topological polar surface area (TPSA) is 45.7 Å². The second-order valence-corrected chi connectivity index (χ2v) is 8.35. The zero-order chi connectivity index (χ0) is 17.8. The molecule has 2 atom stereocenters. The highest BCUT2D eigenvalue weighted by atomic mass is 16.5. The molecule has 142 valence electrons. The highest BCUT2D eigenvalue weighted by Gasteiger charge is 2.44.